The summed E-state index contributed by atoms with van der Waals surface area (Å²) in [5, 5.41) is 1.25. The highest BCUT2D eigenvalue weighted by Gasteiger charge is 2.26. The van der Waals surface area contributed by atoms with E-state index < -0.39 is 0 Å². The van der Waals surface area contributed by atoms with Gasteiger partial charge in [-0.05, 0) is 31.4 Å². The monoisotopic (exact) mass is 275 g/mol. The third-order valence-corrected chi connectivity index (χ3v) is 4.96. The van der Waals surface area contributed by atoms with Gasteiger partial charge in [0.1, 0.15) is 0 Å². The first kappa shape index (κ1) is 13.0. The molecule has 102 valence electrons. The third kappa shape index (κ3) is 3.30. The van der Waals surface area contributed by atoms with E-state index in [2.05, 4.69) is 22.0 Å². The Morgan fingerprint density at radius 3 is 2.79 bits per heavy atom. The van der Waals surface area contributed by atoms with Gasteiger partial charge in [-0.2, -0.15) is 0 Å². The first-order valence-electron chi connectivity index (χ1n) is 7.27. The van der Waals surface area contributed by atoms with E-state index in [1.165, 1.54) is 43.0 Å². The Morgan fingerprint density at radius 2 is 2.11 bits per heavy atom. The fraction of sp³-hybridized carbons (Fsp3) is 0.600. The van der Waals surface area contributed by atoms with Gasteiger partial charge >= 0.3 is 0 Å². The van der Waals surface area contributed by atoms with Crippen LogP contribution in [0.15, 0.2) is 29.4 Å². The number of aromatic nitrogens is 1. The maximum atomic E-state index is 4.75. The summed E-state index contributed by atoms with van der Waals surface area (Å²) in [5.41, 5.74) is 1.16. The molecule has 1 saturated carbocycles. The second-order valence-electron chi connectivity index (χ2n) is 5.25. The Labute approximate surface area is 119 Å². The summed E-state index contributed by atoms with van der Waals surface area (Å²) in [7, 11) is 0. The Hall–Kier alpha value is -1.03. The van der Waals surface area contributed by atoms with Crippen LogP contribution in [0.3, 0.4) is 0 Å². The normalized spacial score (nSPS) is 20.3. The average Bonchev–Trinajstić information content (AvgIpc) is 3.01. The van der Waals surface area contributed by atoms with Gasteiger partial charge in [0.15, 0.2) is 5.17 Å². The van der Waals surface area contributed by atoms with Gasteiger partial charge < -0.3 is 4.90 Å². The molecular weight excluding hydrogens is 254 g/mol. The number of hydrogen-bond acceptors (Lipinski definition) is 4. The van der Waals surface area contributed by atoms with Gasteiger partial charge in [0, 0.05) is 24.5 Å². The molecule has 0 atom stereocenters. The van der Waals surface area contributed by atoms with Crippen LogP contribution in [0.4, 0.5) is 0 Å². The highest BCUT2D eigenvalue weighted by Crippen LogP contribution is 2.28. The molecule has 2 heterocycles. The quantitative estimate of drug-likeness (QED) is 0.847. The molecule has 0 radical (unpaired) electrons. The van der Waals surface area contributed by atoms with Crippen molar-refractivity contribution >= 4 is 16.9 Å². The molecular formula is C15H21N3S. The molecule has 0 bridgehead atoms. The van der Waals surface area contributed by atoms with E-state index in [0.29, 0.717) is 6.04 Å². The number of amidine groups is 1. The number of rotatable bonds is 3. The van der Waals surface area contributed by atoms with Gasteiger partial charge in [-0.15, -0.1) is 0 Å². The van der Waals surface area contributed by atoms with Gasteiger partial charge in [-0.1, -0.05) is 30.7 Å². The minimum absolute atomic E-state index is 0.673. The number of pyridine rings is 1. The SMILES string of the molecule is c1ccc(CN(C2=NCCCS2)C2CCCC2)nc1. The lowest BCUT2D eigenvalue weighted by atomic mass is 10.2. The Morgan fingerprint density at radius 1 is 1.21 bits per heavy atom. The first-order chi connectivity index (χ1) is 9.43. The second kappa shape index (κ2) is 6.42. The van der Waals surface area contributed by atoms with Crippen molar-refractivity contribution in [2.45, 2.75) is 44.7 Å². The minimum Gasteiger partial charge on any atom is -0.343 e. The van der Waals surface area contributed by atoms with Crippen LogP contribution in [0, 0.1) is 0 Å². The van der Waals surface area contributed by atoms with Crippen molar-refractivity contribution in [3.63, 3.8) is 0 Å². The van der Waals surface area contributed by atoms with Crippen molar-refractivity contribution in [3.8, 4) is 0 Å². The van der Waals surface area contributed by atoms with Crippen molar-refractivity contribution in [3.05, 3.63) is 30.1 Å². The molecule has 3 rings (SSSR count). The van der Waals surface area contributed by atoms with Crippen LogP contribution in [-0.2, 0) is 6.54 Å². The molecule has 19 heavy (non-hydrogen) atoms. The number of aliphatic imine (C=N–C) groups is 1. The van der Waals surface area contributed by atoms with Crippen LogP contribution in [-0.4, -0.2) is 33.4 Å². The van der Waals surface area contributed by atoms with E-state index in [1.807, 2.05) is 24.0 Å². The maximum Gasteiger partial charge on any atom is 0.159 e. The lowest BCUT2D eigenvalue weighted by Crippen LogP contribution is -2.38. The minimum atomic E-state index is 0.673. The maximum absolute atomic E-state index is 4.75. The van der Waals surface area contributed by atoms with Gasteiger partial charge in [-0.25, -0.2) is 0 Å². The summed E-state index contributed by atoms with van der Waals surface area (Å²) in [6, 6.07) is 6.85. The van der Waals surface area contributed by atoms with Crippen LogP contribution in [0.1, 0.15) is 37.8 Å². The molecule has 0 aromatic carbocycles. The standard InChI is InChI=1S/C15H21N3S/c1-2-8-14(7-1)18(15-17-10-5-11-19-15)12-13-6-3-4-9-16-13/h3-4,6,9,14H,1-2,5,7-8,10-12H2. The van der Waals surface area contributed by atoms with E-state index in [1.54, 1.807) is 0 Å². The fourth-order valence-corrected chi connectivity index (χ4v) is 3.88. The second-order valence-corrected chi connectivity index (χ2v) is 6.32. The number of thioether (sulfide) groups is 1. The highest BCUT2D eigenvalue weighted by atomic mass is 32.2. The van der Waals surface area contributed by atoms with Gasteiger partial charge in [0.25, 0.3) is 0 Å². The van der Waals surface area contributed by atoms with Crippen LogP contribution < -0.4 is 0 Å². The number of nitrogens with zero attached hydrogens (tertiary/aromatic N) is 3. The Bertz CT molecular complexity index is 426. The molecule has 1 aliphatic carbocycles. The zero-order valence-corrected chi connectivity index (χ0v) is 12.1. The van der Waals surface area contributed by atoms with Crippen LogP contribution in [0.5, 0.6) is 0 Å². The molecule has 0 N–H and O–H groups in total. The summed E-state index contributed by atoms with van der Waals surface area (Å²) < 4.78 is 0. The lowest BCUT2D eigenvalue weighted by Gasteiger charge is -2.32. The van der Waals surface area contributed by atoms with Crippen molar-refractivity contribution in [1.29, 1.82) is 0 Å². The molecule has 0 unspecified atom stereocenters. The van der Waals surface area contributed by atoms with Crippen LogP contribution >= 0.6 is 11.8 Å². The topological polar surface area (TPSA) is 28.5 Å². The molecule has 1 aromatic heterocycles. The first-order valence-corrected chi connectivity index (χ1v) is 8.26. The van der Waals surface area contributed by atoms with E-state index in [-0.39, 0.29) is 0 Å². The van der Waals surface area contributed by atoms with Crippen molar-refractivity contribution in [1.82, 2.24) is 9.88 Å². The molecule has 3 nitrogen and oxygen atoms in total. The Kier molecular flexibility index (Phi) is 4.38. The average molecular weight is 275 g/mol. The molecule has 2 aliphatic rings. The molecule has 0 amide bonds. The molecule has 1 fully saturated rings. The smallest absolute Gasteiger partial charge is 0.159 e. The summed E-state index contributed by atoms with van der Waals surface area (Å²) in [6.07, 6.45) is 8.45. The lowest BCUT2D eigenvalue weighted by molar-refractivity contribution is 0.309. The predicted octanol–water partition coefficient (Wildman–Crippen LogP) is 3.32. The van der Waals surface area contributed by atoms with Crippen molar-refractivity contribution < 1.29 is 0 Å². The third-order valence-electron chi connectivity index (χ3n) is 3.85. The van der Waals surface area contributed by atoms with Crippen LogP contribution in [0.25, 0.3) is 0 Å². The molecule has 0 spiro atoms. The van der Waals surface area contributed by atoms with Crippen molar-refractivity contribution in [2.75, 3.05) is 12.3 Å². The largest absolute Gasteiger partial charge is 0.343 e. The molecule has 1 aliphatic heterocycles. The van der Waals surface area contributed by atoms with Gasteiger partial charge in [0.05, 0.1) is 12.2 Å². The summed E-state index contributed by atoms with van der Waals surface area (Å²) in [5.74, 6) is 1.21. The zero-order chi connectivity index (χ0) is 12.9. The van der Waals surface area contributed by atoms with E-state index in [0.717, 1.165) is 18.8 Å². The summed E-state index contributed by atoms with van der Waals surface area (Å²) in [6.45, 7) is 1.91. The fourth-order valence-electron chi connectivity index (χ4n) is 2.86. The summed E-state index contributed by atoms with van der Waals surface area (Å²) in [4.78, 5) is 11.7. The highest BCUT2D eigenvalue weighted by molar-refractivity contribution is 8.13. The molecule has 1 aromatic rings. The van der Waals surface area contributed by atoms with E-state index >= 15 is 0 Å². The van der Waals surface area contributed by atoms with E-state index in [9.17, 15) is 0 Å². The van der Waals surface area contributed by atoms with Gasteiger partial charge in [-0.3, -0.25) is 9.98 Å². The van der Waals surface area contributed by atoms with E-state index in [4.69, 9.17) is 4.99 Å². The number of hydrogen-bond donors (Lipinski definition) is 0. The molecule has 0 saturated heterocycles. The zero-order valence-electron chi connectivity index (χ0n) is 11.3. The summed E-state index contributed by atoms with van der Waals surface area (Å²) >= 11 is 1.93. The molecule has 4 heteroatoms. The van der Waals surface area contributed by atoms with Gasteiger partial charge in [0.2, 0.25) is 0 Å². The predicted molar refractivity (Wildman–Crippen MR) is 81.4 cm³/mol. The Balaban J connectivity index is 1.77. The van der Waals surface area contributed by atoms with Crippen molar-refractivity contribution in [2.24, 2.45) is 4.99 Å². The van der Waals surface area contributed by atoms with Crippen LogP contribution in [0.2, 0.25) is 0 Å².